The summed E-state index contributed by atoms with van der Waals surface area (Å²) >= 11 is 1.75. The fraction of sp³-hybridized carbons (Fsp3) is 0. The van der Waals surface area contributed by atoms with Crippen molar-refractivity contribution in [3.8, 4) is 0 Å². The molecule has 0 N–H and O–H groups in total. The van der Waals surface area contributed by atoms with Crippen molar-refractivity contribution in [3.63, 3.8) is 0 Å². The van der Waals surface area contributed by atoms with Crippen LogP contribution in [0.3, 0.4) is 0 Å². The van der Waals surface area contributed by atoms with E-state index in [9.17, 15) is 0 Å². The number of hydrogen-bond acceptors (Lipinski definition) is 0. The normalized spacial score (nSPS) is 0.750. The van der Waals surface area contributed by atoms with Crippen LogP contribution in [0, 0.1) is 0 Å². The van der Waals surface area contributed by atoms with Crippen molar-refractivity contribution in [2.45, 2.75) is 0 Å². The van der Waals surface area contributed by atoms with E-state index in [4.69, 9.17) is 0 Å². The molecule has 0 fully saturated rings. The van der Waals surface area contributed by atoms with Gasteiger partial charge in [0.05, 0.1) is 0 Å². The molecule has 0 heterocycles. The van der Waals surface area contributed by atoms with E-state index in [2.05, 4.69) is 4.82 Å². The summed E-state index contributed by atoms with van der Waals surface area (Å²) < 4.78 is 0. The molecule has 0 aromatic heterocycles. The molecular formula is CH4Cl2Ti. The van der Waals surface area contributed by atoms with Crippen molar-refractivity contribution in [1.29, 1.82) is 0 Å². The van der Waals surface area contributed by atoms with Crippen LogP contribution in [-0.2, 0) is 20.0 Å². The Labute approximate surface area is 49.7 Å². The Morgan fingerprint density at radius 1 is 1.00 bits per heavy atom. The van der Waals surface area contributed by atoms with Crippen LogP contribution >= 0.6 is 24.8 Å². The fourth-order valence-electron chi connectivity index (χ4n) is 0. The molecule has 0 unspecified atom stereocenters. The van der Waals surface area contributed by atoms with E-state index in [1.807, 2.05) is 0 Å². The molecule has 0 aromatic rings. The zero-order valence-corrected chi connectivity index (χ0v) is 5.22. The van der Waals surface area contributed by atoms with Gasteiger partial charge in [0, 0.05) is 0 Å². The van der Waals surface area contributed by atoms with Gasteiger partial charge in [-0.3, -0.25) is 0 Å². The van der Waals surface area contributed by atoms with Crippen LogP contribution < -0.4 is 0 Å². The zero-order valence-electron chi connectivity index (χ0n) is 2.02. The van der Waals surface area contributed by atoms with Crippen LogP contribution in [0.25, 0.3) is 0 Å². The van der Waals surface area contributed by atoms with Gasteiger partial charge in [0.15, 0.2) is 0 Å². The van der Waals surface area contributed by atoms with Crippen LogP contribution in [0.1, 0.15) is 0 Å². The number of halogens is 2. The summed E-state index contributed by atoms with van der Waals surface area (Å²) in [7, 11) is 0. The molecule has 4 heavy (non-hydrogen) atoms. The Morgan fingerprint density at radius 3 is 1.00 bits per heavy atom. The Hall–Kier alpha value is 1.16. The van der Waals surface area contributed by atoms with Gasteiger partial charge < -0.3 is 0 Å². The third kappa shape index (κ3) is 10.9. The predicted molar refractivity (Wildman–Crippen MR) is 21.6 cm³/mol. The van der Waals surface area contributed by atoms with Gasteiger partial charge in [-0.2, -0.15) is 0 Å². The molecule has 0 saturated heterocycles. The van der Waals surface area contributed by atoms with Gasteiger partial charge in [-0.1, -0.05) is 0 Å². The first-order chi connectivity index (χ1) is 1.00. The summed E-state index contributed by atoms with van der Waals surface area (Å²) in [5, 5.41) is 0. The molecule has 0 saturated carbocycles. The average Bonchev–Trinajstić information content (AvgIpc) is 1.00. The molecule has 0 nitrogen and oxygen atoms in total. The van der Waals surface area contributed by atoms with E-state index in [0.29, 0.717) is 0 Å². The maximum atomic E-state index is 3.25. The number of hydrogen-bond donors (Lipinski definition) is 0. The predicted octanol–water partition coefficient (Wildman–Crippen LogP) is 0.809. The van der Waals surface area contributed by atoms with Crippen molar-refractivity contribution in [2.24, 2.45) is 0 Å². The molecule has 0 aliphatic heterocycles. The van der Waals surface area contributed by atoms with E-state index < -0.39 is 0 Å². The van der Waals surface area contributed by atoms with Crippen molar-refractivity contribution in [3.05, 3.63) is 0 Å². The van der Waals surface area contributed by atoms with Gasteiger partial charge in [0.25, 0.3) is 0 Å². The van der Waals surface area contributed by atoms with Gasteiger partial charge in [-0.15, -0.1) is 24.8 Å². The Bertz CT molecular complexity index is 6.00. The van der Waals surface area contributed by atoms with E-state index in [1.165, 1.54) is 0 Å². The minimum absolute atomic E-state index is 0. The topological polar surface area (TPSA) is 0 Å². The van der Waals surface area contributed by atoms with Crippen LogP contribution in [0.2, 0.25) is 0 Å². The summed E-state index contributed by atoms with van der Waals surface area (Å²) in [6, 6.07) is 0. The molecule has 0 atom stereocenters. The van der Waals surface area contributed by atoms with Crippen LogP contribution in [-0.4, -0.2) is 4.82 Å². The molecule has 0 aliphatic carbocycles. The number of rotatable bonds is 0. The minimum atomic E-state index is 0. The second-order valence-corrected chi connectivity index (χ2v) is 0. The first-order valence-corrected chi connectivity index (χ1v) is 1.46. The molecule has 0 rings (SSSR count). The van der Waals surface area contributed by atoms with Crippen molar-refractivity contribution in [2.75, 3.05) is 0 Å². The molecule has 0 bridgehead atoms. The maximum absolute atomic E-state index is 3.25. The Morgan fingerprint density at radius 2 is 1.00 bits per heavy atom. The fourth-order valence-corrected chi connectivity index (χ4v) is 0. The molecule has 0 aromatic carbocycles. The molecule has 0 aliphatic rings. The second-order valence-electron chi connectivity index (χ2n) is 0. The van der Waals surface area contributed by atoms with Gasteiger partial charge in [-0.25, -0.2) is 0 Å². The van der Waals surface area contributed by atoms with E-state index in [-0.39, 0.29) is 24.8 Å². The molecule has 26 valence electrons. The van der Waals surface area contributed by atoms with Crippen LogP contribution in [0.5, 0.6) is 0 Å². The van der Waals surface area contributed by atoms with Crippen molar-refractivity contribution in [1.82, 2.24) is 0 Å². The molecule has 0 radical (unpaired) electrons. The standard InChI is InChI=1S/CH2.2ClH.Ti/h1H2;2*1H;. The van der Waals surface area contributed by atoms with Crippen molar-refractivity contribution < 1.29 is 20.0 Å². The summed E-state index contributed by atoms with van der Waals surface area (Å²) in [6.45, 7) is 0. The molecular weight excluding hydrogens is 131 g/mol. The van der Waals surface area contributed by atoms with Crippen molar-refractivity contribution >= 4 is 29.6 Å². The summed E-state index contributed by atoms with van der Waals surface area (Å²) in [5.41, 5.74) is 0. The first-order valence-electron chi connectivity index (χ1n) is 0.354. The van der Waals surface area contributed by atoms with E-state index >= 15 is 0 Å². The Balaban J connectivity index is -0.00000000500. The SMILES string of the molecule is Cl.Cl.[CH2]=[Ti]. The molecule has 3 heteroatoms. The van der Waals surface area contributed by atoms with E-state index in [0.717, 1.165) is 0 Å². The molecule has 0 amide bonds. The van der Waals surface area contributed by atoms with Gasteiger partial charge >= 0.3 is 24.8 Å². The first kappa shape index (κ1) is 19.1. The van der Waals surface area contributed by atoms with Gasteiger partial charge in [0.1, 0.15) is 0 Å². The summed E-state index contributed by atoms with van der Waals surface area (Å²) in [4.78, 5) is 3.25. The third-order valence-corrected chi connectivity index (χ3v) is 0. The average molecular weight is 135 g/mol. The molecule has 0 spiro atoms. The Kier molecular flexibility index (Phi) is 147. The second kappa shape index (κ2) is 30.8. The monoisotopic (exact) mass is 134 g/mol. The van der Waals surface area contributed by atoms with Gasteiger partial charge in [0.2, 0.25) is 0 Å². The van der Waals surface area contributed by atoms with E-state index in [1.54, 1.807) is 20.0 Å². The quantitative estimate of drug-likeness (QED) is 0.431. The third-order valence-electron chi connectivity index (χ3n) is 0. The van der Waals surface area contributed by atoms with Crippen LogP contribution in [0.15, 0.2) is 0 Å². The summed E-state index contributed by atoms with van der Waals surface area (Å²) in [6.07, 6.45) is 0. The summed E-state index contributed by atoms with van der Waals surface area (Å²) in [5.74, 6) is 0. The zero-order chi connectivity index (χ0) is 2.00. The van der Waals surface area contributed by atoms with Crippen LogP contribution in [0.4, 0.5) is 0 Å². The van der Waals surface area contributed by atoms with Gasteiger partial charge in [-0.05, 0) is 0 Å².